The van der Waals surface area contributed by atoms with Gasteiger partial charge >= 0.3 is 5.97 Å². The zero-order valence-corrected chi connectivity index (χ0v) is 14.9. The number of aromatic nitrogens is 1. The third-order valence-corrected chi connectivity index (χ3v) is 4.25. The van der Waals surface area contributed by atoms with Crippen molar-refractivity contribution in [2.75, 3.05) is 5.32 Å². The average Bonchev–Trinajstić information content (AvgIpc) is 3.00. The smallest absolute Gasteiger partial charge is 0.324 e. The van der Waals surface area contributed by atoms with Gasteiger partial charge in [-0.3, -0.25) is 19.4 Å². The van der Waals surface area contributed by atoms with E-state index in [-0.39, 0.29) is 22.6 Å². The van der Waals surface area contributed by atoms with Gasteiger partial charge in [0.05, 0.1) is 16.7 Å². The van der Waals surface area contributed by atoms with Crippen molar-refractivity contribution in [2.45, 2.75) is 0 Å². The van der Waals surface area contributed by atoms with Crippen molar-refractivity contribution in [1.82, 2.24) is 10.0 Å². The van der Waals surface area contributed by atoms with Gasteiger partial charge in [-0.2, -0.15) is 0 Å². The fraction of sp³-hybridized carbons (Fsp3) is 0. The van der Waals surface area contributed by atoms with Gasteiger partial charge in [0.15, 0.2) is 0 Å². The van der Waals surface area contributed by atoms with E-state index >= 15 is 0 Å². The summed E-state index contributed by atoms with van der Waals surface area (Å²) in [5.74, 6) is -2.58. The minimum absolute atomic E-state index is 0.114. The Labute approximate surface area is 164 Å². The Morgan fingerprint density at radius 1 is 0.793 bits per heavy atom. The van der Waals surface area contributed by atoms with Gasteiger partial charge in [0.2, 0.25) is 0 Å². The fourth-order valence-electron chi connectivity index (χ4n) is 2.78. The normalized spacial score (nSPS) is 12.5. The molecule has 0 aliphatic carbocycles. The SMILES string of the molecule is O=C(Nc1ccc(C(=O)ON2C(=O)c3ccccc3C2=O)cc1)c1ccncc1. The summed E-state index contributed by atoms with van der Waals surface area (Å²) in [6.07, 6.45) is 3.01. The molecule has 0 unspecified atom stereocenters. The molecule has 0 bridgehead atoms. The highest BCUT2D eigenvalue weighted by atomic mass is 16.7. The second-order valence-electron chi connectivity index (χ2n) is 6.10. The molecule has 29 heavy (non-hydrogen) atoms. The number of pyridine rings is 1. The molecule has 8 heteroatoms. The maximum Gasteiger partial charge on any atom is 0.363 e. The Morgan fingerprint density at radius 2 is 1.38 bits per heavy atom. The van der Waals surface area contributed by atoms with Crippen LogP contribution in [0.5, 0.6) is 0 Å². The summed E-state index contributed by atoms with van der Waals surface area (Å²) in [5, 5.41) is 3.14. The number of imide groups is 1. The molecule has 2 heterocycles. The summed E-state index contributed by atoms with van der Waals surface area (Å²) in [6, 6.07) is 15.2. The first-order valence-corrected chi connectivity index (χ1v) is 8.56. The average molecular weight is 387 g/mol. The maximum atomic E-state index is 12.3. The van der Waals surface area contributed by atoms with Crippen LogP contribution in [-0.2, 0) is 4.84 Å². The lowest BCUT2D eigenvalue weighted by molar-refractivity contribution is -0.0584. The molecule has 0 fully saturated rings. The molecule has 0 saturated carbocycles. The predicted octanol–water partition coefficient (Wildman–Crippen LogP) is 2.70. The molecule has 142 valence electrons. The van der Waals surface area contributed by atoms with Crippen LogP contribution >= 0.6 is 0 Å². The lowest BCUT2D eigenvalue weighted by Gasteiger charge is -2.13. The van der Waals surface area contributed by atoms with E-state index in [2.05, 4.69) is 10.3 Å². The molecular weight excluding hydrogens is 374 g/mol. The molecule has 1 aromatic heterocycles. The molecular formula is C21H13N3O5. The van der Waals surface area contributed by atoms with Gasteiger partial charge in [-0.1, -0.05) is 17.2 Å². The summed E-state index contributed by atoms with van der Waals surface area (Å²) < 4.78 is 0. The Hall–Kier alpha value is -4.33. The molecule has 0 radical (unpaired) electrons. The highest BCUT2D eigenvalue weighted by Gasteiger charge is 2.38. The summed E-state index contributed by atoms with van der Waals surface area (Å²) in [4.78, 5) is 57.8. The van der Waals surface area contributed by atoms with Crippen LogP contribution in [0, 0.1) is 0 Å². The van der Waals surface area contributed by atoms with E-state index in [9.17, 15) is 19.2 Å². The quantitative estimate of drug-likeness (QED) is 0.690. The largest absolute Gasteiger partial charge is 0.363 e. The van der Waals surface area contributed by atoms with Gasteiger partial charge in [-0.05, 0) is 48.5 Å². The molecule has 8 nitrogen and oxygen atoms in total. The number of nitrogens with one attached hydrogen (secondary N) is 1. The van der Waals surface area contributed by atoms with E-state index in [0.717, 1.165) is 0 Å². The zero-order valence-electron chi connectivity index (χ0n) is 14.9. The van der Waals surface area contributed by atoms with Gasteiger partial charge < -0.3 is 10.2 Å². The van der Waals surface area contributed by atoms with E-state index in [1.807, 2.05) is 0 Å². The lowest BCUT2D eigenvalue weighted by Crippen LogP contribution is -2.32. The highest BCUT2D eigenvalue weighted by molar-refractivity contribution is 6.21. The monoisotopic (exact) mass is 387 g/mol. The van der Waals surface area contributed by atoms with Crippen molar-refractivity contribution in [3.05, 3.63) is 95.3 Å². The second-order valence-corrected chi connectivity index (χ2v) is 6.10. The van der Waals surface area contributed by atoms with Crippen LogP contribution in [0.4, 0.5) is 5.69 Å². The first kappa shape index (κ1) is 18.1. The molecule has 4 rings (SSSR count). The number of carbonyl (C=O) groups is 4. The number of nitrogens with zero attached hydrogens (tertiary/aromatic N) is 2. The molecule has 3 aromatic rings. The number of hydrogen-bond donors (Lipinski definition) is 1. The van der Waals surface area contributed by atoms with Crippen LogP contribution < -0.4 is 5.32 Å². The number of fused-ring (bicyclic) bond motifs is 1. The van der Waals surface area contributed by atoms with Gasteiger partial charge in [-0.25, -0.2) is 4.79 Å². The number of rotatable bonds is 4. The topological polar surface area (TPSA) is 106 Å². The van der Waals surface area contributed by atoms with E-state index in [1.54, 1.807) is 24.3 Å². The Balaban J connectivity index is 1.43. The van der Waals surface area contributed by atoms with Gasteiger partial charge in [-0.15, -0.1) is 0 Å². The van der Waals surface area contributed by atoms with Crippen LogP contribution in [0.25, 0.3) is 0 Å². The Bertz CT molecular complexity index is 1090. The molecule has 0 saturated heterocycles. The molecule has 1 aliphatic heterocycles. The predicted molar refractivity (Wildman–Crippen MR) is 101 cm³/mol. The minimum Gasteiger partial charge on any atom is -0.324 e. The van der Waals surface area contributed by atoms with Crippen molar-refractivity contribution < 1.29 is 24.0 Å². The minimum atomic E-state index is -0.869. The third kappa shape index (κ3) is 3.46. The first-order valence-electron chi connectivity index (χ1n) is 8.56. The van der Waals surface area contributed by atoms with E-state index in [0.29, 0.717) is 16.3 Å². The number of anilines is 1. The van der Waals surface area contributed by atoms with Gasteiger partial charge in [0, 0.05) is 23.6 Å². The molecule has 0 spiro atoms. The summed E-state index contributed by atoms with van der Waals surface area (Å²) in [6.45, 7) is 0. The van der Waals surface area contributed by atoms with Crippen molar-refractivity contribution >= 4 is 29.4 Å². The van der Waals surface area contributed by atoms with Crippen molar-refractivity contribution in [2.24, 2.45) is 0 Å². The molecule has 1 aliphatic rings. The lowest BCUT2D eigenvalue weighted by atomic mass is 10.1. The summed E-state index contributed by atoms with van der Waals surface area (Å²) in [7, 11) is 0. The fourth-order valence-corrected chi connectivity index (χ4v) is 2.78. The van der Waals surface area contributed by atoms with Gasteiger partial charge in [0.1, 0.15) is 0 Å². The van der Waals surface area contributed by atoms with E-state index in [4.69, 9.17) is 4.84 Å². The number of hydrogen-bond acceptors (Lipinski definition) is 6. The van der Waals surface area contributed by atoms with Crippen LogP contribution in [0.3, 0.4) is 0 Å². The van der Waals surface area contributed by atoms with Crippen molar-refractivity contribution in [1.29, 1.82) is 0 Å². The van der Waals surface area contributed by atoms with Gasteiger partial charge in [0.25, 0.3) is 17.7 Å². The standard InChI is InChI=1S/C21H13N3O5/c25-18(13-9-11-22-12-10-13)23-15-7-5-14(6-8-15)21(28)29-24-19(26)16-3-1-2-4-17(16)20(24)27/h1-12H,(H,23,25). The van der Waals surface area contributed by atoms with Crippen LogP contribution in [0.15, 0.2) is 73.1 Å². The van der Waals surface area contributed by atoms with E-state index in [1.165, 1.54) is 48.8 Å². The Morgan fingerprint density at radius 3 is 1.97 bits per heavy atom. The van der Waals surface area contributed by atoms with Crippen LogP contribution in [-0.4, -0.2) is 33.7 Å². The van der Waals surface area contributed by atoms with Crippen LogP contribution in [0.1, 0.15) is 41.4 Å². The number of amides is 3. The number of benzene rings is 2. The highest BCUT2D eigenvalue weighted by Crippen LogP contribution is 2.23. The third-order valence-electron chi connectivity index (χ3n) is 4.25. The maximum absolute atomic E-state index is 12.3. The molecule has 2 aromatic carbocycles. The Kier molecular flexibility index (Phi) is 4.58. The van der Waals surface area contributed by atoms with Crippen LogP contribution in [0.2, 0.25) is 0 Å². The second kappa shape index (κ2) is 7.35. The number of hydroxylamine groups is 2. The van der Waals surface area contributed by atoms with Crippen molar-refractivity contribution in [3.8, 4) is 0 Å². The number of carbonyl (C=O) groups excluding carboxylic acids is 4. The summed E-state index contributed by atoms with van der Waals surface area (Å²) in [5.41, 5.74) is 1.38. The molecule has 1 N–H and O–H groups in total. The molecule has 3 amide bonds. The van der Waals surface area contributed by atoms with E-state index < -0.39 is 17.8 Å². The summed E-state index contributed by atoms with van der Waals surface area (Å²) >= 11 is 0. The molecule has 0 atom stereocenters. The zero-order chi connectivity index (χ0) is 20.4. The van der Waals surface area contributed by atoms with Crippen molar-refractivity contribution in [3.63, 3.8) is 0 Å². The first-order chi connectivity index (χ1) is 14.0.